The van der Waals surface area contributed by atoms with E-state index in [9.17, 15) is 18.1 Å². The third kappa shape index (κ3) is 5.19. The fourth-order valence-electron chi connectivity index (χ4n) is 2.92. The van der Waals surface area contributed by atoms with Crippen LogP contribution >= 0.6 is 0 Å². The van der Waals surface area contributed by atoms with E-state index in [1.165, 1.54) is 22.9 Å². The van der Waals surface area contributed by atoms with Gasteiger partial charge in [-0.25, -0.2) is 22.2 Å². The zero-order valence-corrected chi connectivity index (χ0v) is 16.4. The maximum absolute atomic E-state index is 13.2. The van der Waals surface area contributed by atoms with E-state index in [1.807, 2.05) is 30.3 Å². The van der Waals surface area contributed by atoms with Crippen molar-refractivity contribution in [3.8, 4) is 11.8 Å². The Bertz CT molecular complexity index is 1140. The van der Waals surface area contributed by atoms with Crippen LogP contribution in [0.5, 0.6) is 0 Å². The molecule has 3 rings (SSSR count). The molecule has 0 unspecified atom stereocenters. The molecule has 0 aliphatic heterocycles. The summed E-state index contributed by atoms with van der Waals surface area (Å²) in [6, 6.07) is 16.8. The van der Waals surface area contributed by atoms with Crippen molar-refractivity contribution in [3.05, 3.63) is 77.2 Å². The monoisotopic (exact) mass is 413 g/mol. The molecule has 0 amide bonds. The van der Waals surface area contributed by atoms with Crippen LogP contribution in [0.1, 0.15) is 23.2 Å². The lowest BCUT2D eigenvalue weighted by Crippen LogP contribution is -2.26. The summed E-state index contributed by atoms with van der Waals surface area (Å²) in [6.45, 7) is 0.167. The van der Waals surface area contributed by atoms with E-state index in [4.69, 9.17) is 5.73 Å². The smallest absolute Gasteiger partial charge is 0.215 e. The number of sulfonamides is 1. The van der Waals surface area contributed by atoms with E-state index in [0.717, 1.165) is 5.69 Å². The first-order valence-corrected chi connectivity index (χ1v) is 10.6. The van der Waals surface area contributed by atoms with Gasteiger partial charge in [0, 0.05) is 6.54 Å². The van der Waals surface area contributed by atoms with Gasteiger partial charge in [-0.3, -0.25) is 0 Å². The number of nitrogens with one attached hydrogen (secondary N) is 1. The Morgan fingerprint density at radius 1 is 1.17 bits per heavy atom. The molecule has 0 saturated carbocycles. The summed E-state index contributed by atoms with van der Waals surface area (Å²) in [7, 11) is -3.60. The second kappa shape index (κ2) is 8.86. The molecule has 1 heterocycles. The Balaban J connectivity index is 1.61. The minimum absolute atomic E-state index is 0.167. The van der Waals surface area contributed by atoms with Crippen LogP contribution in [0.15, 0.2) is 54.6 Å². The topological polar surface area (TPSA) is 114 Å². The molecule has 0 aliphatic rings. The van der Waals surface area contributed by atoms with Crippen molar-refractivity contribution in [1.82, 2.24) is 14.5 Å². The quantitative estimate of drug-likeness (QED) is 0.551. The van der Waals surface area contributed by atoms with Crippen molar-refractivity contribution < 1.29 is 12.8 Å². The number of aromatic nitrogens is 2. The molecule has 29 heavy (non-hydrogen) atoms. The average Bonchev–Trinajstić information content (AvgIpc) is 3.01. The zero-order valence-electron chi connectivity index (χ0n) is 15.5. The molecule has 7 nitrogen and oxygen atoms in total. The van der Waals surface area contributed by atoms with Gasteiger partial charge in [-0.05, 0) is 42.7 Å². The number of nitrogen functional groups attached to an aromatic ring is 1. The molecule has 3 N–H and O–H groups in total. The highest BCUT2D eigenvalue weighted by Gasteiger charge is 2.17. The van der Waals surface area contributed by atoms with E-state index < -0.39 is 15.8 Å². The first-order chi connectivity index (χ1) is 13.9. The van der Waals surface area contributed by atoms with Crippen LogP contribution in [0, 0.1) is 17.1 Å². The maximum atomic E-state index is 13.2. The van der Waals surface area contributed by atoms with Crippen molar-refractivity contribution in [2.75, 3.05) is 12.3 Å². The number of nitriles is 1. The summed E-state index contributed by atoms with van der Waals surface area (Å²) in [5.41, 5.74) is 7.97. The molecule has 0 fully saturated rings. The summed E-state index contributed by atoms with van der Waals surface area (Å²) in [4.78, 5) is 0. The van der Waals surface area contributed by atoms with Gasteiger partial charge in [0.1, 0.15) is 23.3 Å². The molecule has 0 bridgehead atoms. The highest BCUT2D eigenvalue weighted by Crippen LogP contribution is 2.21. The molecule has 9 heteroatoms. The van der Waals surface area contributed by atoms with Crippen LogP contribution in [-0.4, -0.2) is 24.7 Å². The third-order valence-electron chi connectivity index (χ3n) is 4.26. The number of nitrogens with two attached hydrogens (primary N) is 1. The maximum Gasteiger partial charge on any atom is 0.215 e. The lowest BCUT2D eigenvalue weighted by molar-refractivity contribution is 0.577. The molecule has 0 saturated heterocycles. The van der Waals surface area contributed by atoms with Crippen LogP contribution in [-0.2, 0) is 22.2 Å². The Hall–Kier alpha value is -3.22. The predicted molar refractivity (Wildman–Crippen MR) is 108 cm³/mol. The number of aryl methyl sites for hydroxylation is 1. The number of nitrogens with zero attached hydrogens (tertiary/aromatic N) is 3. The van der Waals surface area contributed by atoms with Crippen molar-refractivity contribution >= 4 is 15.8 Å². The van der Waals surface area contributed by atoms with E-state index in [2.05, 4.69) is 15.9 Å². The molecule has 0 aliphatic carbocycles. The lowest BCUT2D eigenvalue weighted by atomic mass is 10.1. The van der Waals surface area contributed by atoms with Crippen LogP contribution in [0.25, 0.3) is 5.69 Å². The molecule has 0 spiro atoms. The van der Waals surface area contributed by atoms with Crippen molar-refractivity contribution in [3.63, 3.8) is 0 Å². The molecule has 150 valence electrons. The highest BCUT2D eigenvalue weighted by molar-refractivity contribution is 7.88. The number of benzene rings is 2. The molecular weight excluding hydrogens is 393 g/mol. The number of rotatable bonds is 8. The first-order valence-electron chi connectivity index (χ1n) is 8.94. The minimum atomic E-state index is -3.60. The Kier molecular flexibility index (Phi) is 6.26. The van der Waals surface area contributed by atoms with Crippen molar-refractivity contribution in [1.29, 1.82) is 5.26 Å². The summed E-state index contributed by atoms with van der Waals surface area (Å²) >= 11 is 0. The zero-order chi connectivity index (χ0) is 20.9. The highest BCUT2D eigenvalue weighted by atomic mass is 32.2. The second-order valence-electron chi connectivity index (χ2n) is 6.45. The van der Waals surface area contributed by atoms with Gasteiger partial charge in [0.25, 0.3) is 0 Å². The third-order valence-corrected chi connectivity index (χ3v) is 5.62. The van der Waals surface area contributed by atoms with Crippen molar-refractivity contribution in [2.45, 2.75) is 18.6 Å². The lowest BCUT2D eigenvalue weighted by Gasteiger charge is -2.06. The predicted octanol–water partition coefficient (Wildman–Crippen LogP) is 2.52. The molecule has 0 radical (unpaired) electrons. The number of anilines is 1. The molecule has 2 aromatic carbocycles. The fourth-order valence-corrected chi connectivity index (χ4v) is 4.10. The first kappa shape index (κ1) is 20.5. The van der Waals surface area contributed by atoms with Gasteiger partial charge >= 0.3 is 0 Å². The molecule has 0 atom stereocenters. The number of halogens is 1. The van der Waals surface area contributed by atoms with Crippen LogP contribution < -0.4 is 10.5 Å². The summed E-state index contributed by atoms with van der Waals surface area (Å²) in [5, 5.41) is 13.8. The number of hydrogen-bond donors (Lipinski definition) is 2. The molecular formula is C20H20FN5O2S. The van der Waals surface area contributed by atoms with E-state index in [1.54, 1.807) is 6.07 Å². The number of para-hydroxylation sites is 1. The summed E-state index contributed by atoms with van der Waals surface area (Å²) < 4.78 is 41.5. The summed E-state index contributed by atoms with van der Waals surface area (Å²) in [5.74, 6) is -0.530. The average molecular weight is 413 g/mol. The Morgan fingerprint density at radius 2 is 1.93 bits per heavy atom. The SMILES string of the molecule is N#Cc1c(CCCNS(=O)(=O)Cc2cccc(F)c2)nn(-c2ccccc2)c1N. The van der Waals surface area contributed by atoms with E-state index in [0.29, 0.717) is 24.1 Å². The minimum Gasteiger partial charge on any atom is -0.382 e. The van der Waals surface area contributed by atoms with Gasteiger partial charge in [-0.15, -0.1) is 0 Å². The van der Waals surface area contributed by atoms with E-state index in [-0.39, 0.29) is 23.7 Å². The van der Waals surface area contributed by atoms with Crippen LogP contribution in [0.4, 0.5) is 10.2 Å². The largest absolute Gasteiger partial charge is 0.382 e. The van der Waals surface area contributed by atoms with Gasteiger partial charge in [0.05, 0.1) is 17.1 Å². The van der Waals surface area contributed by atoms with E-state index >= 15 is 0 Å². The van der Waals surface area contributed by atoms with Gasteiger partial charge < -0.3 is 5.73 Å². The van der Waals surface area contributed by atoms with Crippen molar-refractivity contribution in [2.24, 2.45) is 0 Å². The second-order valence-corrected chi connectivity index (χ2v) is 8.26. The summed E-state index contributed by atoms with van der Waals surface area (Å²) in [6.07, 6.45) is 0.817. The molecule has 3 aromatic rings. The van der Waals surface area contributed by atoms with Crippen LogP contribution in [0.3, 0.4) is 0 Å². The standard InChI is InChI=1S/C20H20FN5O2S/c21-16-7-4-6-15(12-16)14-29(27,28)24-11-5-10-19-18(13-22)20(23)26(25-19)17-8-2-1-3-9-17/h1-4,6-9,12,24H,5,10-11,14,23H2. The van der Waals surface area contributed by atoms with Gasteiger partial charge in [0.15, 0.2) is 0 Å². The Morgan fingerprint density at radius 3 is 2.62 bits per heavy atom. The fraction of sp³-hybridized carbons (Fsp3) is 0.200. The van der Waals surface area contributed by atoms with Gasteiger partial charge in [0.2, 0.25) is 10.0 Å². The van der Waals surface area contributed by atoms with Crippen LogP contribution in [0.2, 0.25) is 0 Å². The molecule has 1 aromatic heterocycles. The number of hydrogen-bond acceptors (Lipinski definition) is 5. The Labute approximate surface area is 168 Å². The normalized spacial score (nSPS) is 11.3. The van der Waals surface area contributed by atoms with Gasteiger partial charge in [-0.1, -0.05) is 30.3 Å². The van der Waals surface area contributed by atoms with Gasteiger partial charge in [-0.2, -0.15) is 10.4 Å².